The Morgan fingerprint density at radius 3 is 1.93 bits per heavy atom. The van der Waals surface area contributed by atoms with Crippen LogP contribution in [0.15, 0.2) is 24.3 Å². The summed E-state index contributed by atoms with van der Waals surface area (Å²) < 4.78 is 63.0. The van der Waals surface area contributed by atoms with Gasteiger partial charge in [0.2, 0.25) is 0 Å². The minimum absolute atomic E-state index is 0.262. The van der Waals surface area contributed by atoms with Gasteiger partial charge in [-0.3, -0.25) is 0 Å². The maximum absolute atomic E-state index is 12.3. The molecule has 0 atom stereocenters. The second kappa shape index (κ2) is 8.31. The summed E-state index contributed by atoms with van der Waals surface area (Å²) in [5.74, 6) is -0.610. The smallest absolute Gasteiger partial charge is 0.374 e. The zero-order valence-corrected chi connectivity index (χ0v) is 18.2. The lowest BCUT2D eigenvalue weighted by Crippen LogP contribution is -2.28. The molecule has 0 amide bonds. The Labute approximate surface area is 167 Å². The van der Waals surface area contributed by atoms with Gasteiger partial charge in [0.15, 0.2) is 5.75 Å². The summed E-state index contributed by atoms with van der Waals surface area (Å²) in [6, 6.07) is 5.50. The topological polar surface area (TPSA) is 43.4 Å². The lowest BCUT2D eigenvalue weighted by molar-refractivity contribution is -0.0500. The maximum Gasteiger partial charge on any atom is 0.534 e. The highest BCUT2D eigenvalue weighted by Gasteiger charge is 2.48. The van der Waals surface area contributed by atoms with Gasteiger partial charge in [-0.1, -0.05) is 55.0 Å². The molecule has 2 aromatic rings. The number of halogens is 5. The lowest BCUT2D eigenvalue weighted by atomic mass is 10.1. The van der Waals surface area contributed by atoms with Gasteiger partial charge in [0.1, 0.15) is 8.07 Å². The van der Waals surface area contributed by atoms with Crippen molar-refractivity contribution in [2.75, 3.05) is 0 Å². The molecule has 0 aromatic heterocycles. The number of benzene rings is 2. The molecule has 0 spiro atoms. The van der Waals surface area contributed by atoms with Crippen LogP contribution < -0.4 is 4.18 Å². The van der Waals surface area contributed by atoms with E-state index in [1.807, 2.05) is 0 Å². The zero-order chi connectivity index (χ0) is 21.2. The highest BCUT2D eigenvalue weighted by atomic mass is 35.5. The Morgan fingerprint density at radius 1 is 1.04 bits per heavy atom. The highest BCUT2D eigenvalue weighted by molar-refractivity contribution is 7.88. The summed E-state index contributed by atoms with van der Waals surface area (Å²) >= 11 is 12.0. The molecule has 0 N–H and O–H groups in total. The van der Waals surface area contributed by atoms with Crippen LogP contribution in [0.25, 0.3) is 10.8 Å². The van der Waals surface area contributed by atoms with Gasteiger partial charge < -0.3 is 4.18 Å². The van der Waals surface area contributed by atoms with Crippen LogP contribution in [-0.4, -0.2) is 22.0 Å². The van der Waals surface area contributed by atoms with Crippen molar-refractivity contribution in [3.05, 3.63) is 39.9 Å². The number of hydrogen-bond acceptors (Lipinski definition) is 3. The predicted molar refractivity (Wildman–Crippen MR) is 106 cm³/mol. The zero-order valence-electron chi connectivity index (χ0n) is 14.9. The van der Waals surface area contributed by atoms with E-state index in [-0.39, 0.29) is 5.02 Å². The summed E-state index contributed by atoms with van der Waals surface area (Å²) in [5.41, 5.74) is -2.04. The first-order valence-electron chi connectivity index (χ1n) is 7.46. The van der Waals surface area contributed by atoms with E-state index in [0.717, 1.165) is 11.6 Å². The first-order chi connectivity index (χ1) is 12.1. The molecule has 27 heavy (non-hydrogen) atoms. The molecule has 148 valence electrons. The summed E-state index contributed by atoms with van der Waals surface area (Å²) in [7, 11) is -6.88. The Kier molecular flexibility index (Phi) is 7.27. The van der Waals surface area contributed by atoms with Gasteiger partial charge in [0.05, 0.1) is 10.0 Å². The second-order valence-corrected chi connectivity index (χ2v) is 13.6. The number of alkyl halides is 3. The van der Waals surface area contributed by atoms with E-state index < -0.39 is 29.4 Å². The molecule has 2 rings (SSSR count). The van der Waals surface area contributed by atoms with Crippen molar-refractivity contribution in [2.24, 2.45) is 0 Å². The molecule has 0 aliphatic heterocycles. The first kappa shape index (κ1) is 23.6. The third-order valence-electron chi connectivity index (χ3n) is 3.14. The molecule has 0 heterocycles. The minimum atomic E-state index is -5.78. The van der Waals surface area contributed by atoms with Crippen molar-refractivity contribution in [1.29, 1.82) is 0 Å². The van der Waals surface area contributed by atoms with E-state index in [0.29, 0.717) is 15.8 Å². The Morgan fingerprint density at radius 2 is 1.48 bits per heavy atom. The number of hydrogen-bond donors (Lipinski definition) is 0. The predicted octanol–water partition coefficient (Wildman–Crippen LogP) is 6.18. The van der Waals surface area contributed by atoms with Gasteiger partial charge in [-0.15, -0.1) is 12.0 Å². The Balaban J connectivity index is 0.000000527. The van der Waals surface area contributed by atoms with Crippen LogP contribution in [0.4, 0.5) is 13.2 Å². The molecule has 0 saturated heterocycles. The van der Waals surface area contributed by atoms with Gasteiger partial charge in [-0.2, -0.15) is 21.6 Å². The van der Waals surface area contributed by atoms with E-state index in [2.05, 4.69) is 29.4 Å². The number of rotatable bonds is 2. The largest absolute Gasteiger partial charge is 0.534 e. The second-order valence-electron chi connectivity index (χ2n) is 6.55. The average Bonchev–Trinajstić information content (AvgIpc) is 2.52. The quantitative estimate of drug-likeness (QED) is 0.234. The lowest BCUT2D eigenvalue weighted by Gasteiger charge is -2.12. The maximum atomic E-state index is 12.3. The third-order valence-corrected chi connectivity index (χ3v) is 5.87. The average molecular weight is 457 g/mol. The molecule has 10 heteroatoms. The molecule has 2 aromatic carbocycles. The van der Waals surface area contributed by atoms with Gasteiger partial charge in [0.25, 0.3) is 0 Å². The van der Waals surface area contributed by atoms with Gasteiger partial charge >= 0.3 is 15.6 Å². The summed E-state index contributed by atoms with van der Waals surface area (Å²) in [6.45, 7) is 8.18. The Bertz CT molecular complexity index is 992. The minimum Gasteiger partial charge on any atom is -0.374 e. The summed E-state index contributed by atoms with van der Waals surface area (Å²) in [4.78, 5) is 0. The van der Waals surface area contributed by atoms with Crippen LogP contribution in [0.2, 0.25) is 29.7 Å². The van der Waals surface area contributed by atoms with E-state index >= 15 is 0 Å². The van der Waals surface area contributed by atoms with Crippen LogP contribution in [0.3, 0.4) is 0 Å². The van der Waals surface area contributed by atoms with Crippen LogP contribution in [-0.2, 0) is 10.1 Å². The van der Waals surface area contributed by atoms with Crippen molar-refractivity contribution in [3.8, 4) is 17.7 Å². The molecule has 3 nitrogen and oxygen atoms in total. The molecule has 0 saturated carbocycles. The van der Waals surface area contributed by atoms with Gasteiger partial charge in [-0.05, 0) is 24.6 Å². The first-order valence-corrected chi connectivity index (χ1v) is 13.1. The van der Waals surface area contributed by atoms with E-state index in [1.54, 1.807) is 13.0 Å². The molecule has 0 bridgehead atoms. The van der Waals surface area contributed by atoms with Crippen molar-refractivity contribution >= 4 is 52.2 Å². The monoisotopic (exact) mass is 456 g/mol. The van der Waals surface area contributed by atoms with Crippen LogP contribution in [0.5, 0.6) is 5.75 Å². The van der Waals surface area contributed by atoms with Crippen molar-refractivity contribution in [2.45, 2.75) is 32.1 Å². The molecule has 0 unspecified atom stereocenters. The van der Waals surface area contributed by atoms with Crippen molar-refractivity contribution in [3.63, 3.8) is 0 Å². The fourth-order valence-corrected chi connectivity index (χ4v) is 2.66. The Hall–Kier alpha value is -1.40. The fraction of sp³-hybridized carbons (Fsp3) is 0.294. The summed E-state index contributed by atoms with van der Waals surface area (Å²) in [5, 5.41) is 0.891. The SMILES string of the molecule is C#C[Si](C)(C)C.Cc1ccc2c(Cl)c(OS(=O)(=O)C(F)(F)F)ccc2c1Cl. The fourth-order valence-electron chi connectivity index (χ4n) is 1.65. The number of aryl methyl sites for hydroxylation is 1. The molecule has 0 radical (unpaired) electrons. The summed E-state index contributed by atoms with van der Waals surface area (Å²) in [6.07, 6.45) is 5.12. The van der Waals surface area contributed by atoms with Crippen LogP contribution >= 0.6 is 23.2 Å². The highest BCUT2D eigenvalue weighted by Crippen LogP contribution is 2.39. The third kappa shape index (κ3) is 6.04. The van der Waals surface area contributed by atoms with E-state index in [1.165, 1.54) is 12.1 Å². The number of fused-ring (bicyclic) bond motifs is 1. The molecule has 0 aliphatic rings. The number of terminal acetylenes is 1. The van der Waals surface area contributed by atoms with Crippen LogP contribution in [0.1, 0.15) is 5.56 Å². The van der Waals surface area contributed by atoms with Crippen LogP contribution in [0, 0.1) is 18.9 Å². The molecule has 0 fully saturated rings. The van der Waals surface area contributed by atoms with Crippen molar-refractivity contribution in [1.82, 2.24) is 0 Å². The van der Waals surface area contributed by atoms with Crippen molar-refractivity contribution < 1.29 is 25.8 Å². The van der Waals surface area contributed by atoms with Gasteiger partial charge in [-0.25, -0.2) is 0 Å². The molecular formula is C17H17Cl2F3O3SSi. The van der Waals surface area contributed by atoms with E-state index in [9.17, 15) is 21.6 Å². The van der Waals surface area contributed by atoms with Gasteiger partial charge in [0, 0.05) is 10.8 Å². The molecular weight excluding hydrogens is 440 g/mol. The van der Waals surface area contributed by atoms with E-state index in [4.69, 9.17) is 29.6 Å². The normalized spacial score (nSPS) is 12.1. The molecule has 0 aliphatic carbocycles. The standard InChI is InChI=1S/C12H7Cl2F3O3S.C5H10Si/c1-6-2-3-8-7(10(6)13)4-5-9(11(8)14)20-21(18,19)12(15,16)17;1-5-6(2,3)4/h2-5H,1H3;1H,2-4H3.